The van der Waals surface area contributed by atoms with Gasteiger partial charge in [-0.25, -0.2) is 9.59 Å². The number of halogens is 3. The Morgan fingerprint density at radius 2 is 1.91 bits per heavy atom. The molecular formula is C22H28F3N5O3. The summed E-state index contributed by atoms with van der Waals surface area (Å²) in [5, 5.41) is 12.8. The van der Waals surface area contributed by atoms with Gasteiger partial charge in [0.15, 0.2) is 5.69 Å². The van der Waals surface area contributed by atoms with Crippen LogP contribution < -0.4 is 0 Å². The van der Waals surface area contributed by atoms with Crippen LogP contribution in [0.3, 0.4) is 0 Å². The molecule has 3 heterocycles. The number of carbonyl (C=O) groups is 2. The van der Waals surface area contributed by atoms with Crippen molar-refractivity contribution in [1.29, 1.82) is 0 Å². The minimum absolute atomic E-state index is 0.222. The fraction of sp³-hybridized carbons (Fsp3) is 0.591. The van der Waals surface area contributed by atoms with E-state index in [0.717, 1.165) is 30.6 Å². The predicted molar refractivity (Wildman–Crippen MR) is 114 cm³/mol. The van der Waals surface area contributed by atoms with Gasteiger partial charge >= 0.3 is 18.2 Å². The van der Waals surface area contributed by atoms with Crippen LogP contribution in [0, 0.1) is 5.92 Å². The van der Waals surface area contributed by atoms with Crippen LogP contribution in [0.15, 0.2) is 35.7 Å². The van der Waals surface area contributed by atoms with E-state index in [9.17, 15) is 22.8 Å². The Bertz CT molecular complexity index is 965. The van der Waals surface area contributed by atoms with E-state index in [1.165, 1.54) is 18.3 Å². The van der Waals surface area contributed by atoms with Crippen LogP contribution in [0.1, 0.15) is 36.7 Å². The Balaban J connectivity index is 1.39. The van der Waals surface area contributed by atoms with E-state index in [4.69, 9.17) is 5.11 Å². The van der Waals surface area contributed by atoms with E-state index >= 15 is 0 Å². The van der Waals surface area contributed by atoms with Crippen molar-refractivity contribution in [2.75, 3.05) is 39.3 Å². The number of piperazine rings is 1. The molecule has 2 atom stereocenters. The molecule has 0 bridgehead atoms. The zero-order valence-electron chi connectivity index (χ0n) is 18.5. The van der Waals surface area contributed by atoms with E-state index in [2.05, 4.69) is 5.10 Å². The summed E-state index contributed by atoms with van der Waals surface area (Å²) in [5.74, 6) is -1.86. The van der Waals surface area contributed by atoms with E-state index in [1.807, 2.05) is 22.8 Å². The van der Waals surface area contributed by atoms with Gasteiger partial charge in [-0.2, -0.15) is 23.0 Å². The van der Waals surface area contributed by atoms with Crippen molar-refractivity contribution in [3.8, 4) is 0 Å². The minimum atomic E-state index is -4.38. The summed E-state index contributed by atoms with van der Waals surface area (Å²) in [6.45, 7) is 4.90. The Hall–Kier alpha value is -2.82. The molecule has 2 saturated heterocycles. The standard InChI is InChI=1S/C22H28F3N5O3/c1-15-13-27(10-11-29(15)21(33)30-9-6-19(26-30)20(31)32)14-16-4-5-17(28-7-2-3-8-28)12-18(16)22(23,24)25/h5-6,9,12,15-16H,2-4,7-8,10-11,13-14H2,1H3,(H,31,32). The van der Waals surface area contributed by atoms with Crippen molar-refractivity contribution >= 4 is 12.0 Å². The van der Waals surface area contributed by atoms with Crippen LogP contribution in [0.5, 0.6) is 0 Å². The number of hydrogen-bond acceptors (Lipinski definition) is 5. The lowest BCUT2D eigenvalue weighted by Gasteiger charge is -2.41. The highest BCUT2D eigenvalue weighted by atomic mass is 19.4. The normalized spacial score (nSPS) is 24.6. The Morgan fingerprint density at radius 3 is 2.52 bits per heavy atom. The molecule has 180 valence electrons. The molecule has 1 aliphatic carbocycles. The summed E-state index contributed by atoms with van der Waals surface area (Å²) in [7, 11) is 0. The van der Waals surface area contributed by atoms with Gasteiger partial charge in [-0.05, 0) is 38.3 Å². The average molecular weight is 467 g/mol. The zero-order valence-corrected chi connectivity index (χ0v) is 18.5. The predicted octanol–water partition coefficient (Wildman–Crippen LogP) is 3.04. The highest BCUT2D eigenvalue weighted by molar-refractivity contribution is 5.86. The van der Waals surface area contributed by atoms with E-state index in [1.54, 1.807) is 4.90 Å². The first-order valence-electron chi connectivity index (χ1n) is 11.2. The number of alkyl halides is 3. The number of amides is 1. The topological polar surface area (TPSA) is 81.9 Å². The number of carbonyl (C=O) groups excluding carboxylic acids is 1. The maximum absolute atomic E-state index is 13.9. The lowest BCUT2D eigenvalue weighted by molar-refractivity contribution is -0.101. The number of aromatic carboxylic acids is 1. The number of hydrogen-bond donors (Lipinski definition) is 1. The number of carboxylic acid groups (broad SMARTS) is 1. The fourth-order valence-electron chi connectivity index (χ4n) is 4.88. The molecule has 11 heteroatoms. The first-order chi connectivity index (χ1) is 15.6. The molecule has 3 aliphatic rings. The van der Waals surface area contributed by atoms with Gasteiger partial charge < -0.3 is 14.9 Å². The van der Waals surface area contributed by atoms with Crippen LogP contribution in [-0.2, 0) is 0 Å². The third-order valence-electron chi connectivity index (χ3n) is 6.59. The maximum atomic E-state index is 13.9. The summed E-state index contributed by atoms with van der Waals surface area (Å²) in [6, 6.07) is 0.557. The molecule has 33 heavy (non-hydrogen) atoms. The van der Waals surface area contributed by atoms with Gasteiger partial charge in [0.1, 0.15) is 0 Å². The quantitative estimate of drug-likeness (QED) is 0.733. The Labute approximate surface area is 189 Å². The largest absolute Gasteiger partial charge is 0.476 e. The summed E-state index contributed by atoms with van der Waals surface area (Å²) < 4.78 is 42.6. The van der Waals surface area contributed by atoms with Gasteiger partial charge in [0.2, 0.25) is 0 Å². The van der Waals surface area contributed by atoms with Gasteiger partial charge in [0, 0.05) is 68.7 Å². The molecule has 1 amide bonds. The van der Waals surface area contributed by atoms with E-state index in [0.29, 0.717) is 31.8 Å². The van der Waals surface area contributed by atoms with Crippen molar-refractivity contribution < 1.29 is 27.9 Å². The van der Waals surface area contributed by atoms with E-state index in [-0.39, 0.29) is 18.3 Å². The Morgan fingerprint density at radius 1 is 1.18 bits per heavy atom. The zero-order chi connectivity index (χ0) is 23.8. The molecule has 4 rings (SSSR count). The van der Waals surface area contributed by atoms with Crippen LogP contribution in [0.4, 0.5) is 18.0 Å². The molecular weight excluding hydrogens is 439 g/mol. The number of nitrogens with zero attached hydrogens (tertiary/aromatic N) is 5. The van der Waals surface area contributed by atoms with Crippen LogP contribution in [-0.4, -0.2) is 93.1 Å². The summed E-state index contributed by atoms with van der Waals surface area (Å²) >= 11 is 0. The monoisotopic (exact) mass is 467 g/mol. The van der Waals surface area contributed by atoms with Crippen molar-refractivity contribution in [3.05, 3.63) is 41.4 Å². The number of rotatable bonds is 4. The SMILES string of the molecule is CC1CN(CC2CC=C(N3CCCC3)C=C2C(F)(F)F)CCN1C(=O)n1ccc(C(=O)O)n1. The summed E-state index contributed by atoms with van der Waals surface area (Å²) in [6.07, 6.45) is 2.52. The molecule has 8 nitrogen and oxygen atoms in total. The molecule has 2 unspecified atom stereocenters. The average Bonchev–Trinajstić information content (AvgIpc) is 3.45. The molecule has 0 aromatic carbocycles. The van der Waals surface area contributed by atoms with Crippen molar-refractivity contribution in [2.45, 2.75) is 38.4 Å². The van der Waals surface area contributed by atoms with Gasteiger partial charge in [-0.3, -0.25) is 4.90 Å². The highest BCUT2D eigenvalue weighted by Gasteiger charge is 2.41. The van der Waals surface area contributed by atoms with Gasteiger partial charge in [0.05, 0.1) is 0 Å². The lowest BCUT2D eigenvalue weighted by Crippen LogP contribution is -2.56. The maximum Gasteiger partial charge on any atom is 0.413 e. The molecule has 0 saturated carbocycles. The smallest absolute Gasteiger partial charge is 0.413 e. The minimum Gasteiger partial charge on any atom is -0.476 e. The first-order valence-corrected chi connectivity index (χ1v) is 11.2. The van der Waals surface area contributed by atoms with Crippen molar-refractivity contribution in [3.63, 3.8) is 0 Å². The third kappa shape index (κ3) is 5.07. The number of aromatic nitrogens is 2. The number of likely N-dealkylation sites (tertiary alicyclic amines) is 1. The molecule has 2 fully saturated rings. The molecule has 1 aromatic heterocycles. The second kappa shape index (κ2) is 9.20. The fourth-order valence-corrected chi connectivity index (χ4v) is 4.88. The molecule has 2 aliphatic heterocycles. The molecule has 1 aromatic rings. The second-order valence-electron chi connectivity index (χ2n) is 8.89. The first kappa shape index (κ1) is 23.3. The van der Waals surface area contributed by atoms with Crippen molar-refractivity contribution in [2.24, 2.45) is 5.92 Å². The molecule has 0 radical (unpaired) electrons. The second-order valence-corrected chi connectivity index (χ2v) is 8.89. The van der Waals surface area contributed by atoms with Crippen LogP contribution >= 0.6 is 0 Å². The molecule has 1 N–H and O–H groups in total. The Kier molecular flexibility index (Phi) is 6.51. The van der Waals surface area contributed by atoms with Gasteiger partial charge in [-0.1, -0.05) is 6.08 Å². The molecule has 0 spiro atoms. The van der Waals surface area contributed by atoms with Gasteiger partial charge in [0.25, 0.3) is 0 Å². The summed E-state index contributed by atoms with van der Waals surface area (Å²) in [4.78, 5) is 29.3. The highest BCUT2D eigenvalue weighted by Crippen LogP contribution is 2.38. The van der Waals surface area contributed by atoms with E-state index < -0.39 is 29.7 Å². The third-order valence-corrected chi connectivity index (χ3v) is 6.59. The van der Waals surface area contributed by atoms with Crippen LogP contribution in [0.25, 0.3) is 0 Å². The van der Waals surface area contributed by atoms with Crippen LogP contribution in [0.2, 0.25) is 0 Å². The summed E-state index contributed by atoms with van der Waals surface area (Å²) in [5.41, 5.74) is -0.0182. The number of carboxylic acids is 1. The van der Waals surface area contributed by atoms with Crippen molar-refractivity contribution in [1.82, 2.24) is 24.5 Å². The van der Waals surface area contributed by atoms with Gasteiger partial charge in [-0.15, -0.1) is 0 Å². The number of allylic oxidation sites excluding steroid dienone is 2. The lowest BCUT2D eigenvalue weighted by atomic mass is 9.88.